The predicted octanol–water partition coefficient (Wildman–Crippen LogP) is 2.42. The highest BCUT2D eigenvalue weighted by Gasteiger charge is 2.38. The topological polar surface area (TPSA) is 58.2 Å². The minimum Gasteiger partial charge on any atom is -0.350 e. The van der Waals surface area contributed by atoms with Gasteiger partial charge in [0.1, 0.15) is 11.8 Å². The summed E-state index contributed by atoms with van der Waals surface area (Å²) < 4.78 is 0. The number of nitrogens with one attached hydrogen (secondary N) is 2. The smallest absolute Gasteiger partial charge is 0.235 e. The van der Waals surface area contributed by atoms with Crippen molar-refractivity contribution in [1.82, 2.24) is 10.6 Å². The number of hydrogen-bond acceptors (Lipinski definition) is 2. The average Bonchev–Trinajstić information content (AvgIpc) is 2.38. The van der Waals surface area contributed by atoms with E-state index in [1.807, 2.05) is 13.8 Å². The van der Waals surface area contributed by atoms with Crippen LogP contribution in [0.25, 0.3) is 0 Å². The summed E-state index contributed by atoms with van der Waals surface area (Å²) >= 11 is 11.1. The highest BCUT2D eigenvalue weighted by molar-refractivity contribution is 6.27. The van der Waals surface area contributed by atoms with Crippen LogP contribution in [-0.4, -0.2) is 34.7 Å². The van der Waals surface area contributed by atoms with Gasteiger partial charge in [0.25, 0.3) is 0 Å². The van der Waals surface area contributed by atoms with Crippen molar-refractivity contribution >= 4 is 35.0 Å². The van der Waals surface area contributed by atoms with E-state index in [0.29, 0.717) is 5.92 Å². The summed E-state index contributed by atoms with van der Waals surface area (Å²) in [6.07, 6.45) is 3.68. The maximum atomic E-state index is 11.5. The summed E-state index contributed by atoms with van der Waals surface area (Å²) in [5.74, 6) is 0.106. The van der Waals surface area contributed by atoms with Crippen molar-refractivity contribution in [2.75, 3.05) is 11.8 Å². The van der Waals surface area contributed by atoms with Crippen LogP contribution in [0.5, 0.6) is 0 Å². The van der Waals surface area contributed by atoms with Crippen LogP contribution in [0.1, 0.15) is 46.5 Å². The lowest BCUT2D eigenvalue weighted by molar-refractivity contribution is -0.121. The molecule has 0 saturated heterocycles. The van der Waals surface area contributed by atoms with E-state index < -0.39 is 0 Å². The van der Waals surface area contributed by atoms with Gasteiger partial charge in [0.2, 0.25) is 11.8 Å². The fourth-order valence-corrected chi connectivity index (χ4v) is 3.10. The zero-order valence-electron chi connectivity index (χ0n) is 12.4. The maximum Gasteiger partial charge on any atom is 0.235 e. The molecule has 0 unspecified atom stereocenters. The third kappa shape index (κ3) is 4.81. The van der Waals surface area contributed by atoms with E-state index in [0.717, 1.165) is 25.7 Å². The third-order valence-corrected chi connectivity index (χ3v) is 4.74. The molecule has 2 amide bonds. The van der Waals surface area contributed by atoms with E-state index in [4.69, 9.17) is 23.2 Å². The summed E-state index contributed by atoms with van der Waals surface area (Å²) in [5.41, 5.74) is -0.459. The molecule has 0 aromatic heterocycles. The largest absolute Gasteiger partial charge is 0.350 e. The summed E-state index contributed by atoms with van der Waals surface area (Å²) in [5, 5.41) is 5.97. The Bertz CT molecular complexity index is 364. The van der Waals surface area contributed by atoms with Gasteiger partial charge in [0.05, 0.1) is 0 Å². The van der Waals surface area contributed by atoms with Gasteiger partial charge in [-0.25, -0.2) is 0 Å². The molecule has 0 radical (unpaired) electrons. The first-order valence-corrected chi connectivity index (χ1v) is 8.03. The second-order valence-electron chi connectivity index (χ2n) is 6.42. The van der Waals surface area contributed by atoms with E-state index in [1.165, 1.54) is 0 Å². The van der Waals surface area contributed by atoms with Gasteiger partial charge in [0, 0.05) is 11.1 Å². The van der Waals surface area contributed by atoms with E-state index in [2.05, 4.69) is 17.6 Å². The Kier molecular flexibility index (Phi) is 6.14. The molecule has 0 aromatic carbocycles. The quantitative estimate of drug-likeness (QED) is 0.764. The average molecular weight is 323 g/mol. The normalized spacial score (nSPS) is 26.9. The number of carbonyl (C=O) groups excluding carboxylic acids is 2. The van der Waals surface area contributed by atoms with Crippen molar-refractivity contribution in [3.05, 3.63) is 0 Å². The molecule has 0 heterocycles. The molecule has 20 heavy (non-hydrogen) atoms. The molecule has 1 saturated carbocycles. The molecule has 2 N–H and O–H groups in total. The molecule has 0 spiro atoms. The number of rotatable bonds is 5. The standard InChI is InChI=1S/C14H24Cl2N2O2/c1-13(2,17-11(19)8-15)10-4-6-14(3,7-5-10)18-12(20)9-16/h10H,4-9H2,1-3H3,(H,17,19)(H,18,20). The predicted molar refractivity (Wildman–Crippen MR) is 82.2 cm³/mol. The number of carbonyl (C=O) groups is 2. The van der Waals surface area contributed by atoms with Crippen molar-refractivity contribution in [3.8, 4) is 0 Å². The van der Waals surface area contributed by atoms with Gasteiger partial charge in [-0.3, -0.25) is 9.59 Å². The maximum absolute atomic E-state index is 11.5. The van der Waals surface area contributed by atoms with E-state index in [-0.39, 0.29) is 34.7 Å². The monoisotopic (exact) mass is 322 g/mol. The van der Waals surface area contributed by atoms with Crippen molar-refractivity contribution < 1.29 is 9.59 Å². The molecule has 116 valence electrons. The minimum absolute atomic E-state index is 0.00368. The van der Waals surface area contributed by atoms with Crippen LogP contribution in [0.2, 0.25) is 0 Å². The Morgan fingerprint density at radius 1 is 1.15 bits per heavy atom. The van der Waals surface area contributed by atoms with E-state index >= 15 is 0 Å². The molecule has 1 aliphatic carbocycles. The first-order chi connectivity index (χ1) is 9.22. The van der Waals surface area contributed by atoms with Crippen molar-refractivity contribution in [1.29, 1.82) is 0 Å². The molecule has 1 rings (SSSR count). The SMILES string of the molecule is CC1(NC(=O)CCl)CCC(C(C)(C)NC(=O)CCl)CC1. The molecule has 6 heteroatoms. The van der Waals surface area contributed by atoms with Crippen LogP contribution in [0.3, 0.4) is 0 Å². The summed E-state index contributed by atoms with van der Waals surface area (Å²) in [6.45, 7) is 6.11. The number of amides is 2. The lowest BCUT2D eigenvalue weighted by Crippen LogP contribution is -2.54. The molecule has 0 aliphatic heterocycles. The van der Waals surface area contributed by atoms with Crippen LogP contribution in [-0.2, 0) is 9.59 Å². The van der Waals surface area contributed by atoms with Gasteiger partial charge in [0.15, 0.2) is 0 Å². The van der Waals surface area contributed by atoms with Gasteiger partial charge in [-0.15, -0.1) is 23.2 Å². The molecular formula is C14H24Cl2N2O2. The molecule has 4 nitrogen and oxygen atoms in total. The lowest BCUT2D eigenvalue weighted by atomic mass is 9.70. The highest BCUT2D eigenvalue weighted by atomic mass is 35.5. The lowest BCUT2D eigenvalue weighted by Gasteiger charge is -2.44. The van der Waals surface area contributed by atoms with Crippen LogP contribution < -0.4 is 10.6 Å². The minimum atomic E-state index is -0.274. The third-order valence-electron chi connectivity index (χ3n) is 4.26. The zero-order chi connectivity index (χ0) is 15.4. The van der Waals surface area contributed by atoms with Gasteiger partial charge < -0.3 is 10.6 Å². The molecule has 1 aliphatic rings. The molecule has 0 aromatic rings. The van der Waals surface area contributed by atoms with E-state index in [1.54, 1.807) is 0 Å². The molecular weight excluding hydrogens is 299 g/mol. The van der Waals surface area contributed by atoms with Crippen molar-refractivity contribution in [2.45, 2.75) is 57.5 Å². The summed E-state index contributed by atoms with van der Waals surface area (Å²) in [7, 11) is 0. The second-order valence-corrected chi connectivity index (χ2v) is 6.95. The first-order valence-electron chi connectivity index (χ1n) is 6.96. The fourth-order valence-electron chi connectivity index (χ4n) is 2.97. The van der Waals surface area contributed by atoms with Crippen LogP contribution >= 0.6 is 23.2 Å². The Hall–Kier alpha value is -0.480. The zero-order valence-corrected chi connectivity index (χ0v) is 13.9. The molecule has 1 fully saturated rings. The number of hydrogen-bond donors (Lipinski definition) is 2. The second kappa shape index (κ2) is 6.99. The fraction of sp³-hybridized carbons (Fsp3) is 0.857. The van der Waals surface area contributed by atoms with Gasteiger partial charge >= 0.3 is 0 Å². The Morgan fingerprint density at radius 2 is 1.65 bits per heavy atom. The van der Waals surface area contributed by atoms with Gasteiger partial charge in [-0.2, -0.15) is 0 Å². The van der Waals surface area contributed by atoms with Crippen LogP contribution in [0, 0.1) is 5.92 Å². The molecule has 0 bridgehead atoms. The first kappa shape index (κ1) is 17.6. The summed E-state index contributed by atoms with van der Waals surface area (Å²) in [6, 6.07) is 0. The summed E-state index contributed by atoms with van der Waals surface area (Å²) in [4.78, 5) is 22.9. The molecule has 0 atom stereocenters. The van der Waals surface area contributed by atoms with Crippen molar-refractivity contribution in [2.24, 2.45) is 5.92 Å². The van der Waals surface area contributed by atoms with Gasteiger partial charge in [-0.1, -0.05) is 0 Å². The van der Waals surface area contributed by atoms with Crippen LogP contribution in [0.4, 0.5) is 0 Å². The number of alkyl halides is 2. The van der Waals surface area contributed by atoms with Gasteiger partial charge in [-0.05, 0) is 52.4 Å². The Labute approximate surface area is 131 Å². The van der Waals surface area contributed by atoms with E-state index in [9.17, 15) is 9.59 Å². The highest BCUT2D eigenvalue weighted by Crippen LogP contribution is 2.37. The van der Waals surface area contributed by atoms with Crippen molar-refractivity contribution in [3.63, 3.8) is 0 Å². The Balaban J connectivity index is 2.56. The van der Waals surface area contributed by atoms with Crippen LogP contribution in [0.15, 0.2) is 0 Å². The Morgan fingerprint density at radius 3 is 2.10 bits per heavy atom. The number of halogens is 2.